The maximum atomic E-state index is 4.93. The van der Waals surface area contributed by atoms with Gasteiger partial charge < -0.3 is 0 Å². The number of rotatable bonds is 3. The number of aromatic nitrogens is 6. The summed E-state index contributed by atoms with van der Waals surface area (Å²) < 4.78 is 4.03. The lowest BCUT2D eigenvalue weighted by atomic mass is 10.4. The van der Waals surface area contributed by atoms with Crippen LogP contribution in [0.5, 0.6) is 0 Å². The summed E-state index contributed by atoms with van der Waals surface area (Å²) in [5.74, 6) is 0. The van der Waals surface area contributed by atoms with E-state index in [0.29, 0.717) is 11.3 Å². The number of nitrogens with one attached hydrogen (secondary N) is 1. The third-order valence-corrected chi connectivity index (χ3v) is 2.15. The van der Waals surface area contributed by atoms with E-state index in [0.717, 1.165) is 12.1 Å². The molecule has 0 spiro atoms. The predicted molar refractivity (Wildman–Crippen MR) is 52.2 cm³/mol. The molecule has 0 amide bonds. The summed E-state index contributed by atoms with van der Waals surface area (Å²) in [5.41, 5.74) is 1.15. The molecule has 0 aliphatic heterocycles. The molecule has 0 atom stereocenters. The van der Waals surface area contributed by atoms with E-state index in [4.69, 9.17) is 12.2 Å². The Morgan fingerprint density at radius 1 is 1.50 bits per heavy atom. The Balaban J connectivity index is 2.01. The minimum Gasteiger partial charge on any atom is -0.271 e. The van der Waals surface area contributed by atoms with E-state index in [2.05, 4.69) is 20.6 Å². The highest BCUT2D eigenvalue weighted by Gasteiger charge is 1.97. The summed E-state index contributed by atoms with van der Waals surface area (Å²) in [5, 5.41) is 14.1. The van der Waals surface area contributed by atoms with Gasteiger partial charge in [-0.3, -0.25) is 4.68 Å². The fourth-order valence-electron chi connectivity index (χ4n) is 1.15. The number of tetrazole rings is 1. The van der Waals surface area contributed by atoms with E-state index in [1.54, 1.807) is 4.68 Å². The van der Waals surface area contributed by atoms with Gasteiger partial charge in [-0.2, -0.15) is 10.3 Å². The Bertz CT molecular complexity index is 466. The van der Waals surface area contributed by atoms with Crippen molar-refractivity contribution in [2.24, 2.45) is 0 Å². The highest BCUT2D eigenvalue weighted by atomic mass is 32.1. The van der Waals surface area contributed by atoms with Gasteiger partial charge in [-0.25, -0.2) is 4.68 Å². The highest BCUT2D eigenvalue weighted by molar-refractivity contribution is 7.71. The molecule has 1 N–H and O–H groups in total. The lowest BCUT2D eigenvalue weighted by Gasteiger charge is -2.00. The topological polar surface area (TPSA) is 64.3 Å². The molecule has 0 aromatic carbocycles. The van der Waals surface area contributed by atoms with Crippen molar-refractivity contribution in [2.75, 3.05) is 0 Å². The number of aryl methyl sites for hydroxylation is 3. The van der Waals surface area contributed by atoms with E-state index < -0.39 is 0 Å². The number of hydrogen-bond donors (Lipinski definition) is 1. The molecule has 0 radical (unpaired) electrons. The Labute approximate surface area is 85.5 Å². The van der Waals surface area contributed by atoms with Gasteiger partial charge in [-0.05, 0) is 24.7 Å². The molecule has 0 aliphatic carbocycles. The minimum absolute atomic E-state index is 0.467. The monoisotopic (exact) mass is 210 g/mol. The summed E-state index contributed by atoms with van der Waals surface area (Å²) in [6, 6.07) is 0. The third-order valence-electron chi connectivity index (χ3n) is 1.85. The molecule has 2 aromatic heterocycles. The summed E-state index contributed by atoms with van der Waals surface area (Å²) in [7, 11) is 0. The van der Waals surface area contributed by atoms with Crippen LogP contribution in [-0.2, 0) is 13.1 Å². The standard InChI is InChI=1S/C7H10N6S/c1-6-4-8-12(5-6)2-3-13-7(14)9-10-11-13/h4-5H,2-3H2,1H3,(H,9,11,14). The predicted octanol–water partition coefficient (Wildman–Crippen LogP) is 0.541. The smallest absolute Gasteiger partial charge is 0.238 e. The van der Waals surface area contributed by atoms with E-state index in [1.807, 2.05) is 24.0 Å². The van der Waals surface area contributed by atoms with Crippen LogP contribution in [-0.4, -0.2) is 30.0 Å². The second kappa shape index (κ2) is 3.70. The molecule has 6 nitrogen and oxygen atoms in total. The lowest BCUT2D eigenvalue weighted by Crippen LogP contribution is -2.09. The van der Waals surface area contributed by atoms with Crippen LogP contribution >= 0.6 is 12.2 Å². The van der Waals surface area contributed by atoms with Crippen LogP contribution < -0.4 is 0 Å². The molecule has 0 bridgehead atoms. The van der Waals surface area contributed by atoms with Gasteiger partial charge in [-0.15, -0.1) is 0 Å². The molecular formula is C7H10N6S. The number of hydrogen-bond acceptors (Lipinski definition) is 4. The van der Waals surface area contributed by atoms with Gasteiger partial charge in [0.05, 0.1) is 19.3 Å². The summed E-state index contributed by atoms with van der Waals surface area (Å²) in [6.45, 7) is 3.46. The molecule has 2 heterocycles. The second-order valence-electron chi connectivity index (χ2n) is 3.01. The van der Waals surface area contributed by atoms with E-state index in [-0.39, 0.29) is 0 Å². The number of aromatic amines is 1. The summed E-state index contributed by atoms with van der Waals surface area (Å²) in [6.07, 6.45) is 3.80. The Kier molecular flexibility index (Phi) is 2.40. The zero-order valence-electron chi connectivity index (χ0n) is 7.71. The maximum absolute atomic E-state index is 4.93. The van der Waals surface area contributed by atoms with Crippen molar-refractivity contribution in [1.29, 1.82) is 0 Å². The molecule has 2 aromatic rings. The van der Waals surface area contributed by atoms with Crippen molar-refractivity contribution in [3.8, 4) is 0 Å². The van der Waals surface area contributed by atoms with Crippen molar-refractivity contribution in [3.05, 3.63) is 22.7 Å². The molecule has 2 rings (SSSR count). The molecule has 0 aliphatic rings. The van der Waals surface area contributed by atoms with Gasteiger partial charge in [0.1, 0.15) is 0 Å². The maximum Gasteiger partial charge on any atom is 0.238 e. The van der Waals surface area contributed by atoms with Gasteiger partial charge in [0, 0.05) is 6.20 Å². The lowest BCUT2D eigenvalue weighted by molar-refractivity contribution is 0.486. The van der Waals surface area contributed by atoms with E-state index >= 15 is 0 Å². The Morgan fingerprint density at radius 2 is 2.36 bits per heavy atom. The molecule has 0 unspecified atom stereocenters. The van der Waals surface area contributed by atoms with E-state index in [9.17, 15) is 0 Å². The van der Waals surface area contributed by atoms with Crippen molar-refractivity contribution in [1.82, 2.24) is 30.0 Å². The third kappa shape index (κ3) is 1.87. The molecular weight excluding hydrogens is 200 g/mol. The minimum atomic E-state index is 0.467. The molecule has 7 heteroatoms. The fourth-order valence-corrected chi connectivity index (χ4v) is 1.33. The molecule has 0 saturated carbocycles. The van der Waals surface area contributed by atoms with Gasteiger partial charge in [-0.1, -0.05) is 10.3 Å². The van der Waals surface area contributed by atoms with Gasteiger partial charge in [0.25, 0.3) is 0 Å². The van der Waals surface area contributed by atoms with Gasteiger partial charge in [0.15, 0.2) is 0 Å². The van der Waals surface area contributed by atoms with Crippen molar-refractivity contribution >= 4 is 12.2 Å². The van der Waals surface area contributed by atoms with Crippen LogP contribution in [0.25, 0.3) is 0 Å². The quantitative estimate of drug-likeness (QED) is 0.751. The summed E-state index contributed by atoms with van der Waals surface area (Å²) >= 11 is 4.93. The molecule has 0 fully saturated rings. The highest BCUT2D eigenvalue weighted by Crippen LogP contribution is 1.95. The van der Waals surface area contributed by atoms with E-state index in [1.165, 1.54) is 0 Å². The van der Waals surface area contributed by atoms with Gasteiger partial charge >= 0.3 is 0 Å². The Morgan fingerprint density at radius 3 is 2.93 bits per heavy atom. The fraction of sp³-hybridized carbons (Fsp3) is 0.429. The average Bonchev–Trinajstić information content (AvgIpc) is 2.72. The molecule has 74 valence electrons. The molecule has 0 saturated heterocycles. The zero-order chi connectivity index (χ0) is 9.97. The first-order chi connectivity index (χ1) is 6.75. The largest absolute Gasteiger partial charge is 0.271 e. The van der Waals surface area contributed by atoms with Crippen LogP contribution in [0.1, 0.15) is 5.56 Å². The van der Waals surface area contributed by atoms with Crippen LogP contribution in [0.4, 0.5) is 0 Å². The zero-order valence-corrected chi connectivity index (χ0v) is 8.53. The van der Waals surface area contributed by atoms with Crippen LogP contribution in [0.2, 0.25) is 0 Å². The first kappa shape index (κ1) is 9.07. The van der Waals surface area contributed by atoms with Crippen molar-refractivity contribution in [2.45, 2.75) is 20.0 Å². The van der Waals surface area contributed by atoms with Crippen molar-refractivity contribution in [3.63, 3.8) is 0 Å². The number of H-pyrrole nitrogens is 1. The first-order valence-electron chi connectivity index (χ1n) is 4.22. The second-order valence-corrected chi connectivity index (χ2v) is 3.38. The SMILES string of the molecule is Cc1cnn(CCn2[nH]nnc2=S)c1. The molecule has 14 heavy (non-hydrogen) atoms. The number of nitrogens with zero attached hydrogens (tertiary/aromatic N) is 5. The first-order valence-corrected chi connectivity index (χ1v) is 4.63. The van der Waals surface area contributed by atoms with Crippen LogP contribution in [0.15, 0.2) is 12.4 Å². The van der Waals surface area contributed by atoms with Crippen molar-refractivity contribution < 1.29 is 0 Å². The normalized spacial score (nSPS) is 10.6. The Hall–Kier alpha value is -1.50. The average molecular weight is 210 g/mol. The van der Waals surface area contributed by atoms with Crippen LogP contribution in [0, 0.1) is 11.7 Å². The van der Waals surface area contributed by atoms with Crippen LogP contribution in [0.3, 0.4) is 0 Å². The summed E-state index contributed by atoms with van der Waals surface area (Å²) in [4.78, 5) is 0. The van der Waals surface area contributed by atoms with Gasteiger partial charge in [0.2, 0.25) is 4.77 Å².